The molecule has 0 bridgehead atoms. The van der Waals surface area contributed by atoms with Crippen LogP contribution >= 0.6 is 0 Å². The number of rotatable bonds is 7. The van der Waals surface area contributed by atoms with Gasteiger partial charge < -0.3 is 19.9 Å². The van der Waals surface area contributed by atoms with Crippen molar-refractivity contribution in [3.05, 3.63) is 71.3 Å². The maximum Gasteiger partial charge on any atom is 0.159 e. The molecular weight excluding hydrogens is 495 g/mol. The number of benzene rings is 1. The molecule has 0 unspecified atom stereocenters. The number of aromatic nitrogens is 4. The number of nitrogens with one attached hydrogen (secondary N) is 3. The third-order valence-electron chi connectivity index (χ3n) is 7.25. The lowest BCUT2D eigenvalue weighted by Gasteiger charge is -2.23. The Morgan fingerprint density at radius 3 is 2.77 bits per heavy atom. The third kappa shape index (κ3) is 5.54. The molecule has 5 heterocycles. The number of nitrogens with zero attached hydrogens (tertiary/aromatic N) is 5. The van der Waals surface area contributed by atoms with Crippen LogP contribution in [-0.2, 0) is 6.54 Å². The SMILES string of the molecule is CN(C)CCOc1cc(F)cc(-c2cncc3[nH]c(C4=NCNCc5ccc(C6CCNCC6)nc54)nc23)c1. The van der Waals surface area contributed by atoms with Crippen molar-refractivity contribution in [2.24, 2.45) is 4.99 Å². The molecule has 0 amide bonds. The summed E-state index contributed by atoms with van der Waals surface area (Å²) >= 11 is 0. The van der Waals surface area contributed by atoms with Crippen molar-refractivity contribution in [3.63, 3.8) is 0 Å². The van der Waals surface area contributed by atoms with Crippen molar-refractivity contribution in [1.29, 1.82) is 0 Å². The maximum absolute atomic E-state index is 14.6. The Morgan fingerprint density at radius 2 is 1.92 bits per heavy atom. The molecule has 202 valence electrons. The van der Waals surface area contributed by atoms with Gasteiger partial charge in [0.15, 0.2) is 5.82 Å². The fourth-order valence-corrected chi connectivity index (χ4v) is 5.19. The van der Waals surface area contributed by atoms with Gasteiger partial charge in [0, 0.05) is 42.5 Å². The number of hydrogen-bond donors (Lipinski definition) is 3. The fourth-order valence-electron chi connectivity index (χ4n) is 5.19. The largest absolute Gasteiger partial charge is 0.492 e. The van der Waals surface area contributed by atoms with Crippen LogP contribution in [0.5, 0.6) is 5.75 Å². The Balaban J connectivity index is 1.37. The van der Waals surface area contributed by atoms with Crippen molar-refractivity contribution in [2.75, 3.05) is 47.0 Å². The van der Waals surface area contributed by atoms with Gasteiger partial charge in [-0.15, -0.1) is 0 Å². The Hall–Kier alpha value is -3.73. The van der Waals surface area contributed by atoms with E-state index in [1.807, 2.05) is 25.1 Å². The molecule has 3 aromatic heterocycles. The van der Waals surface area contributed by atoms with Gasteiger partial charge >= 0.3 is 0 Å². The zero-order valence-electron chi connectivity index (χ0n) is 22.3. The Morgan fingerprint density at radius 1 is 1.05 bits per heavy atom. The number of imidazole rings is 1. The highest BCUT2D eigenvalue weighted by Crippen LogP contribution is 2.31. The average molecular weight is 529 g/mol. The van der Waals surface area contributed by atoms with Crippen LogP contribution in [-0.4, -0.2) is 77.6 Å². The molecule has 10 heteroatoms. The number of aromatic amines is 1. The van der Waals surface area contributed by atoms with E-state index in [4.69, 9.17) is 19.7 Å². The number of pyridine rings is 2. The minimum absolute atomic E-state index is 0.372. The van der Waals surface area contributed by atoms with E-state index in [9.17, 15) is 4.39 Å². The Labute approximate surface area is 226 Å². The van der Waals surface area contributed by atoms with Crippen LogP contribution in [0.4, 0.5) is 4.39 Å². The molecule has 3 N–H and O–H groups in total. The number of hydrogen-bond acceptors (Lipinski definition) is 8. The molecule has 0 radical (unpaired) electrons. The van der Waals surface area contributed by atoms with Gasteiger partial charge in [-0.2, -0.15) is 0 Å². The van der Waals surface area contributed by atoms with E-state index in [1.165, 1.54) is 12.1 Å². The van der Waals surface area contributed by atoms with E-state index in [0.29, 0.717) is 48.4 Å². The third-order valence-corrected chi connectivity index (χ3v) is 7.25. The second-order valence-corrected chi connectivity index (χ2v) is 10.4. The number of piperidine rings is 1. The monoisotopic (exact) mass is 528 g/mol. The molecule has 0 saturated carbocycles. The summed E-state index contributed by atoms with van der Waals surface area (Å²) in [5.74, 6) is 1.16. The molecule has 0 spiro atoms. The average Bonchev–Trinajstić information content (AvgIpc) is 3.26. The maximum atomic E-state index is 14.6. The summed E-state index contributed by atoms with van der Waals surface area (Å²) in [7, 11) is 3.94. The molecule has 6 rings (SSSR count). The topological polar surface area (TPSA) is 103 Å². The number of ether oxygens (including phenoxy) is 1. The van der Waals surface area contributed by atoms with Crippen LogP contribution in [0.2, 0.25) is 0 Å². The lowest BCUT2D eigenvalue weighted by molar-refractivity contribution is 0.260. The van der Waals surface area contributed by atoms with E-state index in [0.717, 1.165) is 66.2 Å². The number of aliphatic imine (C=N–C) groups is 1. The zero-order chi connectivity index (χ0) is 26.8. The predicted octanol–water partition coefficient (Wildman–Crippen LogP) is 3.46. The first-order chi connectivity index (χ1) is 19.0. The van der Waals surface area contributed by atoms with Gasteiger partial charge in [0.2, 0.25) is 0 Å². The van der Waals surface area contributed by atoms with Crippen LogP contribution in [0.25, 0.3) is 22.2 Å². The smallest absolute Gasteiger partial charge is 0.159 e. The van der Waals surface area contributed by atoms with Gasteiger partial charge in [-0.05, 0) is 69.4 Å². The summed E-state index contributed by atoms with van der Waals surface area (Å²) in [5, 5.41) is 6.79. The van der Waals surface area contributed by atoms with Crippen LogP contribution < -0.4 is 15.4 Å². The molecule has 2 aliphatic rings. The van der Waals surface area contributed by atoms with Gasteiger partial charge in [-0.25, -0.2) is 9.37 Å². The second kappa shape index (κ2) is 11.2. The number of H-pyrrole nitrogens is 1. The molecule has 39 heavy (non-hydrogen) atoms. The number of halogens is 1. The fraction of sp³-hybridized carbons (Fsp3) is 0.379. The predicted molar refractivity (Wildman–Crippen MR) is 150 cm³/mol. The van der Waals surface area contributed by atoms with Gasteiger partial charge in [0.1, 0.15) is 23.9 Å². The normalized spacial score (nSPS) is 16.3. The summed E-state index contributed by atoms with van der Waals surface area (Å²) < 4.78 is 20.4. The second-order valence-electron chi connectivity index (χ2n) is 10.4. The number of likely N-dealkylation sites (N-methyl/N-ethyl adjacent to an activating group) is 1. The highest BCUT2D eigenvalue weighted by molar-refractivity contribution is 6.12. The van der Waals surface area contributed by atoms with E-state index in [-0.39, 0.29) is 5.82 Å². The summed E-state index contributed by atoms with van der Waals surface area (Å²) in [6, 6.07) is 9.03. The zero-order valence-corrected chi connectivity index (χ0v) is 22.3. The van der Waals surface area contributed by atoms with E-state index < -0.39 is 0 Å². The van der Waals surface area contributed by atoms with Gasteiger partial charge in [-0.3, -0.25) is 20.3 Å². The lowest BCUT2D eigenvalue weighted by atomic mass is 9.93. The molecular formula is C29H33FN8O. The Bertz CT molecular complexity index is 1510. The van der Waals surface area contributed by atoms with Crippen LogP contribution in [0.3, 0.4) is 0 Å². The van der Waals surface area contributed by atoms with Gasteiger partial charge in [-0.1, -0.05) is 6.07 Å². The van der Waals surface area contributed by atoms with Crippen LogP contribution in [0, 0.1) is 5.82 Å². The summed E-state index contributed by atoms with van der Waals surface area (Å²) in [6.07, 6.45) is 5.59. The molecule has 9 nitrogen and oxygen atoms in total. The molecule has 4 aromatic rings. The lowest BCUT2D eigenvalue weighted by Crippen LogP contribution is -2.27. The van der Waals surface area contributed by atoms with Crippen LogP contribution in [0.15, 0.2) is 47.7 Å². The number of fused-ring (bicyclic) bond motifs is 2. The summed E-state index contributed by atoms with van der Waals surface area (Å²) in [6.45, 7) is 4.37. The van der Waals surface area contributed by atoms with Crippen molar-refractivity contribution in [2.45, 2.75) is 25.3 Å². The van der Waals surface area contributed by atoms with E-state index in [1.54, 1.807) is 12.4 Å². The van der Waals surface area contributed by atoms with Crippen molar-refractivity contribution in [1.82, 2.24) is 35.5 Å². The van der Waals surface area contributed by atoms with Crippen molar-refractivity contribution < 1.29 is 9.13 Å². The minimum atomic E-state index is -0.372. The standard InChI is InChI=1S/C29H33FN8O/c1-38(2)9-10-39-22-12-20(11-21(30)13-22)23-15-32-16-25-27(23)37-29(36-25)28-26-19(14-33-17-34-28)3-4-24(35-26)18-5-7-31-8-6-18/h3-4,11-13,15-16,18,31,33H,5-10,14,17H2,1-2H3,(H,36,37). The molecule has 2 aliphatic heterocycles. The van der Waals surface area contributed by atoms with Gasteiger partial charge in [0.05, 0.1) is 29.6 Å². The molecule has 0 aliphatic carbocycles. The summed E-state index contributed by atoms with van der Waals surface area (Å²) in [5.41, 5.74) is 6.58. The Kier molecular flexibility index (Phi) is 7.32. The summed E-state index contributed by atoms with van der Waals surface area (Å²) in [4.78, 5) is 24.8. The minimum Gasteiger partial charge on any atom is -0.492 e. The molecule has 1 fully saturated rings. The van der Waals surface area contributed by atoms with Crippen LogP contribution in [0.1, 0.15) is 41.5 Å². The quantitative estimate of drug-likeness (QED) is 0.338. The van der Waals surface area contributed by atoms with E-state index >= 15 is 0 Å². The first-order valence-corrected chi connectivity index (χ1v) is 13.4. The highest BCUT2D eigenvalue weighted by Gasteiger charge is 2.24. The van der Waals surface area contributed by atoms with E-state index in [2.05, 4.69) is 32.7 Å². The molecule has 0 atom stereocenters. The molecule has 1 aromatic carbocycles. The first-order valence-electron chi connectivity index (χ1n) is 13.4. The van der Waals surface area contributed by atoms with Gasteiger partial charge in [0.25, 0.3) is 0 Å². The molecule has 1 saturated heterocycles. The van der Waals surface area contributed by atoms with Crippen molar-refractivity contribution in [3.8, 4) is 16.9 Å². The highest BCUT2D eigenvalue weighted by atomic mass is 19.1. The van der Waals surface area contributed by atoms with Crippen molar-refractivity contribution >= 4 is 16.7 Å². The first kappa shape index (κ1) is 25.5.